The molecule has 0 radical (unpaired) electrons. The highest BCUT2D eigenvalue weighted by atomic mass is 16.6. The number of alkyl carbamates (subject to hydrolysis) is 1. The summed E-state index contributed by atoms with van der Waals surface area (Å²) in [6.07, 6.45) is 6.79. The highest BCUT2D eigenvalue weighted by Crippen LogP contribution is 2.37. The van der Waals surface area contributed by atoms with Crippen molar-refractivity contribution in [2.24, 2.45) is 5.92 Å². The molecule has 7 heteroatoms. The Morgan fingerprint density at radius 2 is 2.24 bits per heavy atom. The van der Waals surface area contributed by atoms with Crippen molar-refractivity contribution < 1.29 is 14.1 Å². The van der Waals surface area contributed by atoms with Gasteiger partial charge in [0, 0.05) is 18.8 Å². The fraction of sp³-hybridized carbons (Fsp3) is 0.556. The average Bonchev–Trinajstić information content (AvgIpc) is 2.92. The zero-order chi connectivity index (χ0) is 17.9. The second-order valence-corrected chi connectivity index (χ2v) is 7.40. The predicted molar refractivity (Wildman–Crippen MR) is 90.8 cm³/mol. The number of nitrogens with one attached hydrogen (secondary N) is 1. The van der Waals surface area contributed by atoms with Crippen LogP contribution in [-0.2, 0) is 11.2 Å². The van der Waals surface area contributed by atoms with Gasteiger partial charge in [0.2, 0.25) is 5.89 Å². The third-order valence-electron chi connectivity index (χ3n) is 4.13. The fourth-order valence-electron chi connectivity index (χ4n) is 2.74. The molecular formula is C18H24N4O3. The number of hydrogen-bond acceptors (Lipinski definition) is 6. The van der Waals surface area contributed by atoms with Gasteiger partial charge >= 0.3 is 6.09 Å². The van der Waals surface area contributed by atoms with Gasteiger partial charge in [-0.1, -0.05) is 17.6 Å². The first-order valence-electron chi connectivity index (χ1n) is 8.61. The minimum Gasteiger partial charge on any atom is -0.444 e. The summed E-state index contributed by atoms with van der Waals surface area (Å²) in [5.41, 5.74) is 0.462. The van der Waals surface area contributed by atoms with Crippen LogP contribution >= 0.6 is 0 Å². The maximum Gasteiger partial charge on any atom is 0.408 e. The number of aromatic nitrogens is 3. The summed E-state index contributed by atoms with van der Waals surface area (Å²) in [4.78, 5) is 20.7. The molecule has 1 unspecified atom stereocenters. The largest absolute Gasteiger partial charge is 0.444 e. The first kappa shape index (κ1) is 17.4. The van der Waals surface area contributed by atoms with Crippen molar-refractivity contribution in [3.8, 4) is 0 Å². The molecule has 0 saturated heterocycles. The van der Waals surface area contributed by atoms with Crippen molar-refractivity contribution >= 4 is 6.09 Å². The number of ether oxygens (including phenoxy) is 1. The average molecular weight is 344 g/mol. The van der Waals surface area contributed by atoms with Gasteiger partial charge in [-0.2, -0.15) is 4.98 Å². The van der Waals surface area contributed by atoms with Crippen LogP contribution in [-0.4, -0.2) is 26.8 Å². The third-order valence-corrected chi connectivity index (χ3v) is 4.13. The summed E-state index contributed by atoms with van der Waals surface area (Å²) in [5.74, 6) is 1.33. The molecule has 2 heterocycles. The first-order valence-corrected chi connectivity index (χ1v) is 8.61. The molecular weight excluding hydrogens is 320 g/mol. The molecule has 1 amide bonds. The van der Waals surface area contributed by atoms with Gasteiger partial charge in [-0.15, -0.1) is 0 Å². The van der Waals surface area contributed by atoms with E-state index >= 15 is 0 Å². The molecule has 0 spiro atoms. The van der Waals surface area contributed by atoms with Crippen LogP contribution in [0.1, 0.15) is 63.4 Å². The Balaban J connectivity index is 1.70. The fourth-order valence-corrected chi connectivity index (χ4v) is 2.74. The molecule has 1 aliphatic carbocycles. The highest BCUT2D eigenvalue weighted by molar-refractivity contribution is 5.68. The molecule has 1 N–H and O–H groups in total. The number of carbonyl (C=O) groups is 1. The van der Waals surface area contributed by atoms with Crippen molar-refractivity contribution in [2.45, 2.75) is 58.1 Å². The standard InChI is InChI=1S/C18H24N4O3/c1-18(2,3)24-17(23)21-15(13-7-4-8-13)16-20-14(22-25-16)10-12-6-5-9-19-11-12/h5-6,9,11,13,15H,4,7-8,10H2,1-3H3,(H,21,23). The van der Waals surface area contributed by atoms with E-state index in [1.807, 2.05) is 32.9 Å². The monoisotopic (exact) mass is 344 g/mol. The van der Waals surface area contributed by atoms with Crippen molar-refractivity contribution in [1.29, 1.82) is 0 Å². The van der Waals surface area contributed by atoms with E-state index in [1.165, 1.54) is 0 Å². The lowest BCUT2D eigenvalue weighted by molar-refractivity contribution is 0.0444. The molecule has 134 valence electrons. The van der Waals surface area contributed by atoms with Crippen LogP contribution in [0.2, 0.25) is 0 Å². The van der Waals surface area contributed by atoms with Gasteiger partial charge in [0.05, 0.1) is 0 Å². The van der Waals surface area contributed by atoms with E-state index in [-0.39, 0.29) is 6.04 Å². The second-order valence-electron chi connectivity index (χ2n) is 7.40. The molecule has 3 rings (SSSR count). The predicted octanol–water partition coefficient (Wildman–Crippen LogP) is 3.42. The topological polar surface area (TPSA) is 90.1 Å². The van der Waals surface area contributed by atoms with Crippen molar-refractivity contribution in [3.63, 3.8) is 0 Å². The summed E-state index contributed by atoms with van der Waals surface area (Å²) >= 11 is 0. The zero-order valence-corrected chi connectivity index (χ0v) is 14.9. The second kappa shape index (κ2) is 7.21. The van der Waals surface area contributed by atoms with E-state index in [9.17, 15) is 4.79 Å². The van der Waals surface area contributed by atoms with Gasteiger partial charge in [0.25, 0.3) is 0 Å². The Morgan fingerprint density at radius 1 is 1.44 bits per heavy atom. The van der Waals surface area contributed by atoms with Crippen molar-refractivity contribution in [2.75, 3.05) is 0 Å². The molecule has 1 aliphatic rings. The van der Waals surface area contributed by atoms with Crippen molar-refractivity contribution in [3.05, 3.63) is 41.8 Å². The third kappa shape index (κ3) is 4.78. The smallest absolute Gasteiger partial charge is 0.408 e. The summed E-state index contributed by atoms with van der Waals surface area (Å²) in [6, 6.07) is 3.53. The molecule has 2 aromatic rings. The number of hydrogen-bond donors (Lipinski definition) is 1. The van der Waals surface area contributed by atoms with E-state index < -0.39 is 11.7 Å². The molecule has 0 bridgehead atoms. The van der Waals surface area contributed by atoms with E-state index in [1.54, 1.807) is 12.4 Å². The number of nitrogens with zero attached hydrogens (tertiary/aromatic N) is 3. The molecule has 0 aliphatic heterocycles. The highest BCUT2D eigenvalue weighted by Gasteiger charge is 2.35. The Bertz CT molecular complexity index is 705. The van der Waals surface area contributed by atoms with Crippen LogP contribution in [0.25, 0.3) is 0 Å². The van der Waals surface area contributed by atoms with Crippen LogP contribution < -0.4 is 5.32 Å². The lowest BCUT2D eigenvalue weighted by Gasteiger charge is -2.32. The normalized spacial score (nSPS) is 16.1. The van der Waals surface area contributed by atoms with E-state index in [2.05, 4.69) is 20.4 Å². The van der Waals surface area contributed by atoms with E-state index in [0.717, 1.165) is 24.8 Å². The van der Waals surface area contributed by atoms with E-state index in [0.29, 0.717) is 24.1 Å². The van der Waals surface area contributed by atoms with Crippen LogP contribution in [0.15, 0.2) is 29.0 Å². The number of pyridine rings is 1. The lowest BCUT2D eigenvalue weighted by Crippen LogP contribution is -2.39. The maximum absolute atomic E-state index is 12.2. The summed E-state index contributed by atoms with van der Waals surface area (Å²) in [7, 11) is 0. The molecule has 0 aromatic carbocycles. The SMILES string of the molecule is CC(C)(C)OC(=O)NC(c1nc(Cc2cccnc2)no1)C1CCC1. The summed E-state index contributed by atoms with van der Waals surface area (Å²) < 4.78 is 10.8. The van der Waals surface area contributed by atoms with Crippen LogP contribution in [0.5, 0.6) is 0 Å². The van der Waals surface area contributed by atoms with Gasteiger partial charge in [0.15, 0.2) is 5.82 Å². The number of carbonyl (C=O) groups excluding carboxylic acids is 1. The van der Waals surface area contributed by atoms with Crippen LogP contribution in [0, 0.1) is 5.92 Å². The molecule has 1 atom stereocenters. The van der Waals surface area contributed by atoms with Crippen molar-refractivity contribution in [1.82, 2.24) is 20.4 Å². The lowest BCUT2D eigenvalue weighted by atomic mass is 9.79. The van der Waals surface area contributed by atoms with Crippen LogP contribution in [0.3, 0.4) is 0 Å². The number of amides is 1. The molecule has 25 heavy (non-hydrogen) atoms. The maximum atomic E-state index is 12.2. The Kier molecular flexibility index (Phi) is 5.01. The summed E-state index contributed by atoms with van der Waals surface area (Å²) in [6.45, 7) is 5.51. The van der Waals surface area contributed by atoms with Gasteiger partial charge in [-0.05, 0) is 51.2 Å². The molecule has 2 aromatic heterocycles. The molecule has 1 fully saturated rings. The Morgan fingerprint density at radius 3 is 2.84 bits per heavy atom. The molecule has 1 saturated carbocycles. The molecule has 7 nitrogen and oxygen atoms in total. The summed E-state index contributed by atoms with van der Waals surface area (Å²) in [5, 5.41) is 6.95. The number of rotatable bonds is 5. The Labute approximate surface area is 147 Å². The van der Waals surface area contributed by atoms with Gasteiger partial charge in [-0.3, -0.25) is 4.98 Å². The minimum atomic E-state index is -0.547. The van der Waals surface area contributed by atoms with E-state index in [4.69, 9.17) is 9.26 Å². The van der Waals surface area contributed by atoms with Crippen LogP contribution in [0.4, 0.5) is 4.79 Å². The zero-order valence-electron chi connectivity index (χ0n) is 14.9. The minimum absolute atomic E-state index is 0.305. The quantitative estimate of drug-likeness (QED) is 0.894. The van der Waals surface area contributed by atoms with Gasteiger partial charge in [-0.25, -0.2) is 4.79 Å². The Hall–Kier alpha value is -2.44. The first-order chi connectivity index (χ1) is 11.9. The van der Waals surface area contributed by atoms with Gasteiger partial charge < -0.3 is 14.6 Å². The van der Waals surface area contributed by atoms with Gasteiger partial charge in [0.1, 0.15) is 11.6 Å².